The van der Waals surface area contributed by atoms with E-state index < -0.39 is 16.2 Å². The second kappa shape index (κ2) is 18.2. The number of nitrogens with zero attached hydrogens (tertiary/aromatic N) is 2. The average molecular weight is 750 g/mol. The number of halogens is 1. The molecule has 52 heavy (non-hydrogen) atoms. The monoisotopic (exact) mass is 749 g/mol. The molecule has 10 nitrogen and oxygen atoms in total. The number of likely N-dealkylation sites (tertiary alicyclic amines) is 1. The maximum Gasteiger partial charge on any atom is 0.315 e. The normalized spacial score (nSPS) is 16.4. The molecule has 0 saturated carbocycles. The first-order chi connectivity index (χ1) is 25.1. The smallest absolute Gasteiger partial charge is 0.315 e. The van der Waals surface area contributed by atoms with Gasteiger partial charge < -0.3 is 34.7 Å². The predicted molar refractivity (Wildman–Crippen MR) is 203 cm³/mol. The molecule has 5 rings (SSSR count). The van der Waals surface area contributed by atoms with Gasteiger partial charge in [-0.25, -0.2) is 0 Å². The molecule has 0 radical (unpaired) electrons. The number of aliphatic hydroxyl groups excluding tert-OH is 1. The minimum Gasteiger partial charge on any atom is -0.493 e. The molecule has 0 aliphatic carbocycles. The molecule has 1 fully saturated rings. The van der Waals surface area contributed by atoms with Crippen LogP contribution in [0.4, 0.5) is 0 Å². The Morgan fingerprint density at radius 2 is 1.73 bits per heavy atom. The highest BCUT2D eigenvalue weighted by Crippen LogP contribution is 2.37. The van der Waals surface area contributed by atoms with Gasteiger partial charge in [0.15, 0.2) is 0 Å². The van der Waals surface area contributed by atoms with E-state index >= 15 is 0 Å². The van der Waals surface area contributed by atoms with E-state index in [1.54, 1.807) is 37.7 Å². The minimum atomic E-state index is -1.15. The quantitative estimate of drug-likeness (QED) is 0.0925. The summed E-state index contributed by atoms with van der Waals surface area (Å²) in [5, 5.41) is 10.4. The van der Waals surface area contributed by atoms with Crippen LogP contribution >= 0.6 is 11.6 Å². The van der Waals surface area contributed by atoms with E-state index in [9.17, 15) is 14.1 Å². The van der Waals surface area contributed by atoms with Gasteiger partial charge in [0, 0.05) is 55.5 Å². The Kier molecular flexibility index (Phi) is 13.7. The fraction of sp³-hybridized carbons (Fsp3) is 0.400. The van der Waals surface area contributed by atoms with Crippen LogP contribution in [-0.4, -0.2) is 70.9 Å². The minimum absolute atomic E-state index is 0.206. The Hall–Kier alpha value is -4.00. The van der Waals surface area contributed by atoms with Gasteiger partial charge in [0.2, 0.25) is 0 Å². The lowest BCUT2D eigenvalue weighted by Gasteiger charge is -2.24. The molecule has 0 amide bonds. The number of aliphatic hydroxyl groups is 1. The third-order valence-electron chi connectivity index (χ3n) is 9.55. The van der Waals surface area contributed by atoms with Crippen molar-refractivity contribution in [3.05, 3.63) is 99.8 Å². The topological polar surface area (TPSA) is 133 Å². The maximum atomic E-state index is 12.5. The molecule has 3 aromatic carbocycles. The third kappa shape index (κ3) is 9.31. The number of rotatable bonds is 17. The number of benzene rings is 3. The Morgan fingerprint density at radius 3 is 2.46 bits per heavy atom. The van der Waals surface area contributed by atoms with Crippen LogP contribution in [0.5, 0.6) is 17.2 Å². The summed E-state index contributed by atoms with van der Waals surface area (Å²) in [5.74, 6) is 1.53. The van der Waals surface area contributed by atoms with Gasteiger partial charge in [-0.15, -0.1) is 0 Å². The van der Waals surface area contributed by atoms with E-state index in [-0.39, 0.29) is 32.3 Å². The van der Waals surface area contributed by atoms with Crippen molar-refractivity contribution < 1.29 is 33.1 Å². The first-order valence-electron chi connectivity index (χ1n) is 17.5. The summed E-state index contributed by atoms with van der Waals surface area (Å²) in [6, 6.07) is 17.6. The summed E-state index contributed by atoms with van der Waals surface area (Å²) in [7, 11) is -1.15. The lowest BCUT2D eigenvalue weighted by atomic mass is 9.88. The number of hydrogen-bond donors (Lipinski definition) is 2. The van der Waals surface area contributed by atoms with Gasteiger partial charge >= 0.3 is 5.97 Å². The number of hydrogen-bond acceptors (Lipinski definition) is 10. The van der Waals surface area contributed by atoms with E-state index in [0.717, 1.165) is 64.2 Å². The van der Waals surface area contributed by atoms with Gasteiger partial charge in [-0.05, 0) is 86.2 Å². The maximum absolute atomic E-state index is 12.5. The standard InChI is InChI=1S/C40H48ClN3O7S/c1-5-48-39(46)40(26-45)13-15-44(25-40)14-8-16-49-36-12-7-11-34(28(36)3)33-10-6-9-30(27(33)2)24-51-38-19-37(31(20-42)18-35(38)41)50-23-29-17-32(52(4)47)22-43-21-29/h6-7,9-12,17-19,21-22,45H,5,8,13-16,20,23-26,42H2,1-4H3. The predicted octanol–water partition coefficient (Wildman–Crippen LogP) is 6.39. The van der Waals surface area contributed by atoms with Crippen molar-refractivity contribution in [3.8, 4) is 28.4 Å². The SMILES string of the molecule is CCOC(=O)C1(CO)CCN(CCCOc2cccc(-c3cccc(COc4cc(OCc5cncc(S(C)=O)c5)c(CN)cc4Cl)c3C)c2C)C1. The van der Waals surface area contributed by atoms with Crippen LogP contribution in [0.25, 0.3) is 11.1 Å². The molecule has 2 unspecified atom stereocenters. The number of carbonyl (C=O) groups is 1. The van der Waals surface area contributed by atoms with Crippen LogP contribution in [0.2, 0.25) is 5.02 Å². The molecule has 1 aliphatic heterocycles. The molecule has 3 N–H and O–H groups in total. The van der Waals surface area contributed by atoms with Gasteiger partial charge in [0.05, 0.1) is 40.5 Å². The Labute approximate surface area is 313 Å². The van der Waals surface area contributed by atoms with Crippen molar-refractivity contribution in [1.29, 1.82) is 0 Å². The third-order valence-corrected chi connectivity index (χ3v) is 10.7. The first-order valence-corrected chi connectivity index (χ1v) is 19.4. The fourth-order valence-electron chi connectivity index (χ4n) is 6.45. The first kappa shape index (κ1) is 39.2. The molecule has 1 aromatic heterocycles. The fourth-order valence-corrected chi connectivity index (χ4v) is 7.22. The molecule has 4 aromatic rings. The number of esters is 1. The zero-order valence-electron chi connectivity index (χ0n) is 30.3. The molecule has 2 heterocycles. The highest BCUT2D eigenvalue weighted by atomic mass is 35.5. The van der Waals surface area contributed by atoms with Crippen LogP contribution in [0.15, 0.2) is 71.9 Å². The summed E-state index contributed by atoms with van der Waals surface area (Å²) in [6.45, 7) is 9.29. The zero-order valence-corrected chi connectivity index (χ0v) is 31.9. The number of ether oxygens (including phenoxy) is 4. The molecule has 12 heteroatoms. The van der Waals surface area contributed by atoms with E-state index in [0.29, 0.717) is 47.6 Å². The van der Waals surface area contributed by atoms with Crippen LogP contribution in [0.1, 0.15) is 47.6 Å². The average Bonchev–Trinajstić information content (AvgIpc) is 3.58. The summed E-state index contributed by atoms with van der Waals surface area (Å²) in [5.41, 5.74) is 12.0. The largest absolute Gasteiger partial charge is 0.493 e. The van der Waals surface area contributed by atoms with Crippen LogP contribution in [0.3, 0.4) is 0 Å². The second-order valence-corrected chi connectivity index (χ2v) is 14.8. The highest BCUT2D eigenvalue weighted by Gasteiger charge is 2.45. The number of nitrogens with two attached hydrogens (primary N) is 1. The van der Waals surface area contributed by atoms with Gasteiger partial charge in [0.25, 0.3) is 0 Å². The summed E-state index contributed by atoms with van der Waals surface area (Å²) in [4.78, 5) is 19.5. The Balaban J connectivity index is 1.22. The molecular weight excluding hydrogens is 702 g/mol. The number of aromatic nitrogens is 1. The van der Waals surface area contributed by atoms with E-state index in [1.165, 1.54) is 0 Å². The van der Waals surface area contributed by atoms with Gasteiger partial charge in [-0.3, -0.25) is 14.0 Å². The zero-order chi connectivity index (χ0) is 37.3. The van der Waals surface area contributed by atoms with Crippen molar-refractivity contribution in [2.45, 2.75) is 58.3 Å². The van der Waals surface area contributed by atoms with Crippen molar-refractivity contribution >= 4 is 28.4 Å². The van der Waals surface area contributed by atoms with E-state index in [1.807, 2.05) is 30.3 Å². The molecule has 0 spiro atoms. The molecule has 0 bridgehead atoms. The lowest BCUT2D eigenvalue weighted by Crippen LogP contribution is -2.39. The van der Waals surface area contributed by atoms with Crippen molar-refractivity contribution in [3.63, 3.8) is 0 Å². The Bertz CT molecular complexity index is 1890. The van der Waals surface area contributed by atoms with Crippen LogP contribution in [0, 0.1) is 19.3 Å². The van der Waals surface area contributed by atoms with Crippen molar-refractivity contribution in [1.82, 2.24) is 9.88 Å². The Morgan fingerprint density at radius 1 is 0.981 bits per heavy atom. The molecule has 1 saturated heterocycles. The lowest BCUT2D eigenvalue weighted by molar-refractivity contribution is -0.157. The van der Waals surface area contributed by atoms with Crippen LogP contribution < -0.4 is 19.9 Å². The van der Waals surface area contributed by atoms with Crippen molar-refractivity contribution in [2.24, 2.45) is 11.1 Å². The summed E-state index contributed by atoms with van der Waals surface area (Å²) < 4.78 is 35.8. The van der Waals surface area contributed by atoms with Gasteiger partial charge in [-0.1, -0.05) is 41.9 Å². The van der Waals surface area contributed by atoms with Crippen LogP contribution in [-0.2, 0) is 40.1 Å². The molecule has 1 aliphatic rings. The summed E-state index contributed by atoms with van der Waals surface area (Å²) in [6.07, 6.45) is 6.25. The highest BCUT2D eigenvalue weighted by molar-refractivity contribution is 7.84. The van der Waals surface area contributed by atoms with Gasteiger partial charge in [-0.2, -0.15) is 0 Å². The second-order valence-electron chi connectivity index (χ2n) is 13.1. The van der Waals surface area contributed by atoms with Crippen molar-refractivity contribution in [2.75, 3.05) is 45.7 Å². The number of carbonyl (C=O) groups excluding carboxylic acids is 1. The molecule has 278 valence electrons. The van der Waals surface area contributed by atoms with Gasteiger partial charge in [0.1, 0.15) is 35.9 Å². The molecule has 2 atom stereocenters. The summed E-state index contributed by atoms with van der Waals surface area (Å²) >= 11 is 6.63. The van der Waals surface area contributed by atoms with E-state index in [2.05, 4.69) is 35.9 Å². The molecular formula is C40H48ClN3O7S. The number of pyridine rings is 1. The van der Waals surface area contributed by atoms with E-state index in [4.69, 9.17) is 36.3 Å².